The van der Waals surface area contributed by atoms with Gasteiger partial charge >= 0.3 is 0 Å². The summed E-state index contributed by atoms with van der Waals surface area (Å²) in [6.45, 7) is 2.81. The minimum Gasteiger partial charge on any atom is -0.354 e. The van der Waals surface area contributed by atoms with Gasteiger partial charge in [-0.3, -0.25) is 4.79 Å². The Morgan fingerprint density at radius 1 is 1.33 bits per heavy atom. The molecular weight excluding hydrogens is 302 g/mol. The quantitative estimate of drug-likeness (QED) is 0.862. The number of rotatable bonds is 6. The Hall–Kier alpha value is -1.69. The minimum atomic E-state index is 0.204. The molecule has 0 aromatic carbocycles. The van der Waals surface area contributed by atoms with E-state index in [0.29, 0.717) is 18.5 Å². The van der Waals surface area contributed by atoms with E-state index < -0.39 is 0 Å². The second-order valence-corrected chi connectivity index (χ2v) is 7.10. The van der Waals surface area contributed by atoms with Gasteiger partial charge in [0.25, 0.3) is 0 Å². The molecule has 1 amide bonds. The first-order valence-electron chi connectivity index (χ1n) is 9.24. The molecule has 132 valence electrons. The monoisotopic (exact) mass is 331 g/mol. The lowest BCUT2D eigenvalue weighted by Crippen LogP contribution is -2.47. The molecule has 2 aliphatic rings. The van der Waals surface area contributed by atoms with Crippen LogP contribution in [-0.2, 0) is 4.79 Å². The van der Waals surface area contributed by atoms with Crippen molar-refractivity contribution in [2.24, 2.45) is 0 Å². The van der Waals surface area contributed by atoms with Crippen molar-refractivity contribution in [3.8, 4) is 0 Å². The summed E-state index contributed by atoms with van der Waals surface area (Å²) in [4.78, 5) is 16.7. The lowest BCUT2D eigenvalue weighted by Gasteiger charge is -2.38. The molecule has 1 N–H and O–H groups in total. The second-order valence-electron chi connectivity index (χ2n) is 7.10. The normalized spacial score (nSPS) is 22.1. The largest absolute Gasteiger partial charge is 0.354 e. The smallest absolute Gasteiger partial charge is 0.221 e. The average Bonchev–Trinajstić information content (AvgIpc) is 3.13. The first-order chi connectivity index (χ1) is 11.7. The number of carbonyl (C=O) groups is 1. The molecule has 0 bridgehead atoms. The molecule has 1 aliphatic heterocycles. The predicted octanol–water partition coefficient (Wildman–Crippen LogP) is 1.83. The van der Waals surface area contributed by atoms with Crippen molar-refractivity contribution < 1.29 is 4.79 Å². The summed E-state index contributed by atoms with van der Waals surface area (Å²) in [6, 6.07) is 4.85. The molecule has 1 saturated carbocycles. The van der Waals surface area contributed by atoms with Crippen LogP contribution in [-0.4, -0.2) is 59.8 Å². The van der Waals surface area contributed by atoms with Crippen LogP contribution >= 0.6 is 0 Å². The van der Waals surface area contributed by atoms with Crippen LogP contribution in [0.25, 0.3) is 0 Å². The van der Waals surface area contributed by atoms with Gasteiger partial charge in [0.05, 0.1) is 0 Å². The first kappa shape index (κ1) is 17.1. The number of nitrogens with one attached hydrogen (secondary N) is 1. The lowest BCUT2D eigenvalue weighted by molar-refractivity contribution is -0.122. The van der Waals surface area contributed by atoms with E-state index in [9.17, 15) is 4.79 Å². The van der Waals surface area contributed by atoms with Gasteiger partial charge in [-0.15, -0.1) is 5.10 Å². The van der Waals surface area contributed by atoms with Crippen LogP contribution in [0.15, 0.2) is 18.3 Å². The van der Waals surface area contributed by atoms with E-state index in [-0.39, 0.29) is 5.91 Å². The van der Waals surface area contributed by atoms with Gasteiger partial charge in [-0.1, -0.05) is 12.8 Å². The summed E-state index contributed by atoms with van der Waals surface area (Å²) in [6.07, 6.45) is 9.44. The summed E-state index contributed by atoms with van der Waals surface area (Å²) in [5.74, 6) is 1.16. The molecule has 1 aromatic heterocycles. The molecule has 6 heteroatoms. The number of likely N-dealkylation sites (N-methyl/N-ethyl adjacent to an activating group) is 1. The van der Waals surface area contributed by atoms with Crippen molar-refractivity contribution in [3.63, 3.8) is 0 Å². The zero-order chi connectivity index (χ0) is 16.8. The third-order valence-corrected chi connectivity index (χ3v) is 5.31. The summed E-state index contributed by atoms with van der Waals surface area (Å²) in [5, 5.41) is 11.4. The molecule has 2 fully saturated rings. The van der Waals surface area contributed by atoms with Crippen molar-refractivity contribution in [3.05, 3.63) is 18.3 Å². The fraction of sp³-hybridized carbons (Fsp3) is 0.722. The third-order valence-electron chi connectivity index (χ3n) is 5.31. The molecule has 0 spiro atoms. The second kappa shape index (κ2) is 8.42. The van der Waals surface area contributed by atoms with E-state index in [2.05, 4.69) is 32.4 Å². The number of aromatic nitrogens is 2. The standard InChI is InChI=1S/C18H29N5O/c1-22(13-10-18(24)20-15-6-2-3-7-15)16-8-5-12-23(14-16)17-9-4-11-19-21-17/h4,9,11,15-16H,2-3,5-8,10,12-14H2,1H3,(H,20,24). The molecule has 24 heavy (non-hydrogen) atoms. The van der Waals surface area contributed by atoms with E-state index in [1.807, 2.05) is 12.1 Å². The molecular formula is C18H29N5O. The topological polar surface area (TPSA) is 61.4 Å². The van der Waals surface area contributed by atoms with Gasteiger partial charge < -0.3 is 15.1 Å². The van der Waals surface area contributed by atoms with Crippen LogP contribution in [0.2, 0.25) is 0 Å². The van der Waals surface area contributed by atoms with Crippen molar-refractivity contribution >= 4 is 11.7 Å². The molecule has 1 unspecified atom stereocenters. The van der Waals surface area contributed by atoms with Crippen LogP contribution in [0.1, 0.15) is 44.9 Å². The fourth-order valence-electron chi connectivity index (χ4n) is 3.82. The highest BCUT2D eigenvalue weighted by Gasteiger charge is 2.24. The molecule has 1 atom stereocenters. The Morgan fingerprint density at radius 3 is 2.92 bits per heavy atom. The van der Waals surface area contributed by atoms with Gasteiger partial charge in [0.15, 0.2) is 5.82 Å². The van der Waals surface area contributed by atoms with Gasteiger partial charge in [-0.25, -0.2) is 0 Å². The van der Waals surface area contributed by atoms with E-state index in [1.165, 1.54) is 19.3 Å². The van der Waals surface area contributed by atoms with Crippen molar-refractivity contribution in [2.75, 3.05) is 31.6 Å². The Balaban J connectivity index is 1.44. The van der Waals surface area contributed by atoms with Gasteiger partial charge in [-0.05, 0) is 44.9 Å². The van der Waals surface area contributed by atoms with Crippen molar-refractivity contribution in [2.45, 2.75) is 57.0 Å². The Labute approximate surface area is 144 Å². The average molecular weight is 331 g/mol. The molecule has 1 saturated heterocycles. The van der Waals surface area contributed by atoms with Gasteiger partial charge in [0, 0.05) is 44.3 Å². The van der Waals surface area contributed by atoms with Crippen LogP contribution in [0.3, 0.4) is 0 Å². The summed E-state index contributed by atoms with van der Waals surface area (Å²) >= 11 is 0. The zero-order valence-electron chi connectivity index (χ0n) is 14.7. The van der Waals surface area contributed by atoms with E-state index >= 15 is 0 Å². The summed E-state index contributed by atoms with van der Waals surface area (Å²) < 4.78 is 0. The number of amides is 1. The zero-order valence-corrected chi connectivity index (χ0v) is 14.7. The molecule has 0 radical (unpaired) electrons. The van der Waals surface area contributed by atoms with Crippen LogP contribution in [0.5, 0.6) is 0 Å². The highest BCUT2D eigenvalue weighted by Crippen LogP contribution is 2.20. The number of nitrogens with zero attached hydrogens (tertiary/aromatic N) is 4. The maximum absolute atomic E-state index is 12.1. The Morgan fingerprint density at radius 2 is 2.17 bits per heavy atom. The maximum Gasteiger partial charge on any atom is 0.221 e. The number of hydrogen-bond acceptors (Lipinski definition) is 5. The Bertz CT molecular complexity index is 517. The van der Waals surface area contributed by atoms with E-state index in [1.54, 1.807) is 6.20 Å². The fourth-order valence-corrected chi connectivity index (χ4v) is 3.82. The van der Waals surface area contributed by atoms with Crippen LogP contribution in [0, 0.1) is 0 Å². The first-order valence-corrected chi connectivity index (χ1v) is 9.24. The number of carbonyl (C=O) groups excluding carboxylic acids is 1. The highest BCUT2D eigenvalue weighted by molar-refractivity contribution is 5.76. The minimum absolute atomic E-state index is 0.204. The van der Waals surface area contributed by atoms with Gasteiger partial charge in [0.2, 0.25) is 5.91 Å². The molecule has 1 aliphatic carbocycles. The summed E-state index contributed by atoms with van der Waals surface area (Å²) in [7, 11) is 2.13. The van der Waals surface area contributed by atoms with Crippen molar-refractivity contribution in [1.29, 1.82) is 0 Å². The maximum atomic E-state index is 12.1. The number of hydrogen-bond donors (Lipinski definition) is 1. The van der Waals surface area contributed by atoms with E-state index in [0.717, 1.165) is 44.7 Å². The van der Waals surface area contributed by atoms with Gasteiger partial charge in [-0.2, -0.15) is 5.10 Å². The van der Waals surface area contributed by atoms with Crippen LogP contribution in [0.4, 0.5) is 5.82 Å². The van der Waals surface area contributed by atoms with E-state index in [4.69, 9.17) is 0 Å². The molecule has 6 nitrogen and oxygen atoms in total. The van der Waals surface area contributed by atoms with Crippen molar-refractivity contribution in [1.82, 2.24) is 20.4 Å². The predicted molar refractivity (Wildman–Crippen MR) is 94.9 cm³/mol. The van der Waals surface area contributed by atoms with Gasteiger partial charge in [0.1, 0.15) is 0 Å². The highest BCUT2D eigenvalue weighted by atomic mass is 16.1. The Kier molecular flexibility index (Phi) is 6.01. The lowest BCUT2D eigenvalue weighted by atomic mass is 10.0. The molecule has 1 aromatic rings. The molecule has 3 rings (SSSR count). The van der Waals surface area contributed by atoms with Crippen LogP contribution < -0.4 is 10.2 Å². The third kappa shape index (κ3) is 4.66. The molecule has 2 heterocycles. The summed E-state index contributed by atoms with van der Waals surface area (Å²) in [5.41, 5.74) is 0. The number of piperidine rings is 1. The number of anilines is 1. The SMILES string of the molecule is CN(CCC(=O)NC1CCCC1)C1CCCN(c2cccnn2)C1.